The van der Waals surface area contributed by atoms with Gasteiger partial charge in [-0.3, -0.25) is 19.5 Å². The van der Waals surface area contributed by atoms with Gasteiger partial charge < -0.3 is 15.5 Å². The zero-order valence-electron chi connectivity index (χ0n) is 19.2. The zero-order chi connectivity index (χ0) is 22.7. The molecular formula is C24H33FIN5O2. The molecule has 1 aromatic rings. The Kier molecular flexibility index (Phi) is 8.72. The van der Waals surface area contributed by atoms with Crippen LogP contribution in [0.2, 0.25) is 0 Å². The summed E-state index contributed by atoms with van der Waals surface area (Å²) in [6.07, 6.45) is 6.75. The lowest BCUT2D eigenvalue weighted by atomic mass is 9.85. The van der Waals surface area contributed by atoms with Crippen LogP contribution in [0.25, 0.3) is 0 Å². The standard InChI is InChI=1S/C24H32FN5O2.HI/c1-26-24(27-10-4-12-29(2)19-7-3-6-18(25)15-19)28-11-5-13-30-22(31)20-16-8-9-17(14-16)21(20)23(30)32;/h3,6-9,15-17,20-21H,4-5,10-14H2,1-2H3,(H2,26,27,28);1H. The fourth-order valence-electron chi connectivity index (χ4n) is 5.21. The number of carbonyl (C=O) groups excluding carboxylic acids is 2. The van der Waals surface area contributed by atoms with E-state index in [4.69, 9.17) is 0 Å². The van der Waals surface area contributed by atoms with Crippen LogP contribution in [0.1, 0.15) is 19.3 Å². The summed E-state index contributed by atoms with van der Waals surface area (Å²) in [6.45, 7) is 2.58. The molecule has 1 aromatic carbocycles. The molecule has 180 valence electrons. The Morgan fingerprint density at radius 1 is 1.12 bits per heavy atom. The molecule has 3 aliphatic rings. The molecule has 2 N–H and O–H groups in total. The maximum absolute atomic E-state index is 13.3. The summed E-state index contributed by atoms with van der Waals surface area (Å²) in [4.78, 5) is 33.1. The Morgan fingerprint density at radius 3 is 2.36 bits per heavy atom. The highest BCUT2D eigenvalue weighted by Crippen LogP contribution is 2.52. The van der Waals surface area contributed by atoms with E-state index in [1.165, 1.54) is 17.0 Å². The smallest absolute Gasteiger partial charge is 0.233 e. The number of aliphatic imine (C=N–C) groups is 1. The van der Waals surface area contributed by atoms with E-state index >= 15 is 0 Å². The van der Waals surface area contributed by atoms with E-state index in [1.807, 2.05) is 18.0 Å². The zero-order valence-corrected chi connectivity index (χ0v) is 21.5. The summed E-state index contributed by atoms with van der Waals surface area (Å²) in [5.41, 5.74) is 0.853. The third-order valence-corrected chi connectivity index (χ3v) is 6.85. The predicted octanol–water partition coefficient (Wildman–Crippen LogP) is 2.63. The van der Waals surface area contributed by atoms with Gasteiger partial charge in [-0.05, 0) is 49.3 Å². The summed E-state index contributed by atoms with van der Waals surface area (Å²) >= 11 is 0. The van der Waals surface area contributed by atoms with Crippen LogP contribution in [-0.2, 0) is 9.59 Å². The first kappa shape index (κ1) is 25.5. The molecule has 1 heterocycles. The van der Waals surface area contributed by atoms with Gasteiger partial charge in [0.05, 0.1) is 11.8 Å². The minimum atomic E-state index is -0.235. The van der Waals surface area contributed by atoms with Crippen molar-refractivity contribution < 1.29 is 14.0 Å². The number of likely N-dealkylation sites (tertiary alicyclic amines) is 1. The summed E-state index contributed by atoms with van der Waals surface area (Å²) < 4.78 is 13.3. The summed E-state index contributed by atoms with van der Waals surface area (Å²) in [7, 11) is 3.66. The van der Waals surface area contributed by atoms with Crippen molar-refractivity contribution in [2.24, 2.45) is 28.7 Å². The molecule has 0 spiro atoms. The fraction of sp³-hybridized carbons (Fsp3) is 0.542. The normalized spacial score (nSPS) is 25.3. The second kappa shape index (κ2) is 11.3. The Labute approximate surface area is 211 Å². The van der Waals surface area contributed by atoms with E-state index in [0.717, 1.165) is 31.6 Å². The highest BCUT2D eigenvalue weighted by molar-refractivity contribution is 14.0. The number of rotatable bonds is 9. The van der Waals surface area contributed by atoms with Crippen LogP contribution in [0.15, 0.2) is 41.4 Å². The van der Waals surface area contributed by atoms with E-state index in [9.17, 15) is 14.0 Å². The molecule has 4 unspecified atom stereocenters. The average molecular weight is 569 g/mol. The van der Waals surface area contributed by atoms with Gasteiger partial charge in [0.15, 0.2) is 5.96 Å². The number of benzene rings is 1. The number of nitrogens with zero attached hydrogens (tertiary/aromatic N) is 3. The first-order valence-corrected chi connectivity index (χ1v) is 11.4. The molecular weight excluding hydrogens is 536 g/mol. The number of guanidine groups is 1. The predicted molar refractivity (Wildman–Crippen MR) is 138 cm³/mol. The molecule has 4 rings (SSSR count). The summed E-state index contributed by atoms with van der Waals surface area (Å²) in [6, 6.07) is 6.57. The van der Waals surface area contributed by atoms with Crippen LogP contribution >= 0.6 is 24.0 Å². The van der Waals surface area contributed by atoms with Crippen LogP contribution in [-0.4, -0.2) is 62.9 Å². The molecule has 2 fully saturated rings. The number of hydrogen-bond acceptors (Lipinski definition) is 4. The third-order valence-electron chi connectivity index (χ3n) is 6.85. The molecule has 4 atom stereocenters. The second-order valence-corrected chi connectivity index (χ2v) is 8.86. The minimum absolute atomic E-state index is 0. The van der Waals surface area contributed by atoms with Crippen molar-refractivity contribution in [1.29, 1.82) is 0 Å². The lowest BCUT2D eigenvalue weighted by molar-refractivity contribution is -0.140. The monoisotopic (exact) mass is 569 g/mol. The number of halogens is 2. The first-order valence-electron chi connectivity index (χ1n) is 11.4. The highest BCUT2D eigenvalue weighted by Gasteiger charge is 2.58. The molecule has 2 bridgehead atoms. The van der Waals surface area contributed by atoms with Gasteiger partial charge in [-0.2, -0.15) is 0 Å². The van der Waals surface area contributed by atoms with E-state index in [0.29, 0.717) is 25.5 Å². The van der Waals surface area contributed by atoms with Crippen molar-refractivity contribution in [1.82, 2.24) is 15.5 Å². The SMILES string of the molecule is CN=C(NCCCN1C(=O)C2C3C=CC(C3)C2C1=O)NCCCN(C)c1cccc(F)c1.I. The van der Waals surface area contributed by atoms with Gasteiger partial charge >= 0.3 is 0 Å². The molecule has 1 aliphatic heterocycles. The van der Waals surface area contributed by atoms with Crippen LogP contribution < -0.4 is 15.5 Å². The van der Waals surface area contributed by atoms with E-state index in [1.54, 1.807) is 13.1 Å². The molecule has 0 aromatic heterocycles. The van der Waals surface area contributed by atoms with Gasteiger partial charge in [0.25, 0.3) is 0 Å². The first-order chi connectivity index (χ1) is 15.5. The fourth-order valence-corrected chi connectivity index (χ4v) is 5.21. The number of carbonyl (C=O) groups is 2. The van der Waals surface area contributed by atoms with Crippen molar-refractivity contribution in [3.63, 3.8) is 0 Å². The van der Waals surface area contributed by atoms with Crippen molar-refractivity contribution in [3.05, 3.63) is 42.2 Å². The van der Waals surface area contributed by atoms with Crippen LogP contribution in [0.4, 0.5) is 10.1 Å². The van der Waals surface area contributed by atoms with E-state index < -0.39 is 0 Å². The van der Waals surface area contributed by atoms with E-state index in [-0.39, 0.29) is 65.3 Å². The molecule has 1 saturated heterocycles. The quantitative estimate of drug-likeness (QED) is 0.120. The third kappa shape index (κ3) is 5.50. The van der Waals surface area contributed by atoms with Crippen LogP contribution in [0.5, 0.6) is 0 Å². The Bertz CT molecular complexity index is 894. The number of amides is 2. The van der Waals surface area contributed by atoms with Gasteiger partial charge in [0, 0.05) is 46.0 Å². The largest absolute Gasteiger partial charge is 0.374 e. The second-order valence-electron chi connectivity index (χ2n) is 8.86. The topological polar surface area (TPSA) is 77.0 Å². The van der Waals surface area contributed by atoms with Crippen LogP contribution in [0.3, 0.4) is 0 Å². The molecule has 2 aliphatic carbocycles. The van der Waals surface area contributed by atoms with Crippen molar-refractivity contribution in [2.45, 2.75) is 19.3 Å². The average Bonchev–Trinajstić information content (AvgIpc) is 3.47. The molecule has 1 saturated carbocycles. The van der Waals surface area contributed by atoms with E-state index in [2.05, 4.69) is 27.8 Å². The number of anilines is 1. The molecule has 7 nitrogen and oxygen atoms in total. The Morgan fingerprint density at radius 2 is 1.76 bits per heavy atom. The maximum atomic E-state index is 13.3. The number of hydrogen-bond donors (Lipinski definition) is 2. The highest BCUT2D eigenvalue weighted by atomic mass is 127. The lowest BCUT2D eigenvalue weighted by Gasteiger charge is -2.20. The molecule has 0 radical (unpaired) electrons. The number of fused-ring (bicyclic) bond motifs is 5. The van der Waals surface area contributed by atoms with Gasteiger partial charge in [-0.25, -0.2) is 4.39 Å². The number of imide groups is 1. The number of allylic oxidation sites excluding steroid dienone is 2. The Hall–Kier alpha value is -2.17. The van der Waals surface area contributed by atoms with Crippen molar-refractivity contribution >= 4 is 47.4 Å². The van der Waals surface area contributed by atoms with Crippen molar-refractivity contribution in [3.8, 4) is 0 Å². The maximum Gasteiger partial charge on any atom is 0.233 e. The van der Waals surface area contributed by atoms with Crippen LogP contribution in [0, 0.1) is 29.5 Å². The minimum Gasteiger partial charge on any atom is -0.374 e. The van der Waals surface area contributed by atoms with Gasteiger partial charge in [-0.1, -0.05) is 18.2 Å². The van der Waals surface area contributed by atoms with Gasteiger partial charge in [-0.15, -0.1) is 24.0 Å². The number of nitrogens with one attached hydrogen (secondary N) is 2. The summed E-state index contributed by atoms with van der Waals surface area (Å²) in [5.74, 6) is 0.762. The summed E-state index contributed by atoms with van der Waals surface area (Å²) in [5, 5.41) is 6.51. The molecule has 9 heteroatoms. The van der Waals surface area contributed by atoms with Gasteiger partial charge in [0.2, 0.25) is 11.8 Å². The van der Waals surface area contributed by atoms with Gasteiger partial charge in [0.1, 0.15) is 5.82 Å². The lowest BCUT2D eigenvalue weighted by Crippen LogP contribution is -2.40. The van der Waals surface area contributed by atoms with Crippen molar-refractivity contribution in [2.75, 3.05) is 45.2 Å². The Balaban J connectivity index is 0.00000306. The molecule has 33 heavy (non-hydrogen) atoms. The molecule has 2 amide bonds.